The van der Waals surface area contributed by atoms with Crippen LogP contribution in [0, 0.1) is 0 Å². The van der Waals surface area contributed by atoms with Crippen molar-refractivity contribution in [1.29, 1.82) is 0 Å². The fourth-order valence-electron chi connectivity index (χ4n) is 1.74. The van der Waals surface area contributed by atoms with Crippen molar-refractivity contribution in [3.05, 3.63) is 51.5 Å². The second-order valence-corrected chi connectivity index (χ2v) is 5.83. The van der Waals surface area contributed by atoms with E-state index >= 15 is 0 Å². The van der Waals surface area contributed by atoms with E-state index in [0.29, 0.717) is 26.6 Å². The second kappa shape index (κ2) is 8.56. The Morgan fingerprint density at radius 3 is 2.83 bits per heavy atom. The van der Waals surface area contributed by atoms with Gasteiger partial charge in [0.05, 0.1) is 22.8 Å². The zero-order valence-electron chi connectivity index (χ0n) is 12.6. The van der Waals surface area contributed by atoms with Crippen LogP contribution in [0.1, 0.15) is 5.56 Å². The maximum atomic E-state index is 11.7. The molecule has 2 aromatic carbocycles. The number of nitrogens with one attached hydrogen (secondary N) is 1. The summed E-state index contributed by atoms with van der Waals surface area (Å²) in [5.74, 6) is 0.271. The van der Waals surface area contributed by atoms with Gasteiger partial charge in [0.25, 0.3) is 5.91 Å². The maximum absolute atomic E-state index is 11.7. The van der Waals surface area contributed by atoms with E-state index in [4.69, 9.17) is 21.1 Å². The fourth-order valence-corrected chi connectivity index (χ4v) is 2.39. The third-order valence-electron chi connectivity index (χ3n) is 2.87. The smallest absolute Gasteiger partial charge is 0.277 e. The summed E-state index contributed by atoms with van der Waals surface area (Å²) in [4.78, 5) is 11.7. The SMILES string of the molecule is COc1cc(C=NNC(=O)COc2ccccc2Cl)cc(Br)c1O. The molecule has 0 aliphatic carbocycles. The van der Waals surface area contributed by atoms with Gasteiger partial charge in [-0.25, -0.2) is 5.43 Å². The van der Waals surface area contributed by atoms with Crippen LogP contribution in [0.4, 0.5) is 0 Å². The van der Waals surface area contributed by atoms with Gasteiger partial charge in [0, 0.05) is 0 Å². The molecule has 6 nitrogen and oxygen atoms in total. The normalized spacial score (nSPS) is 10.6. The van der Waals surface area contributed by atoms with Crippen molar-refractivity contribution in [3.63, 3.8) is 0 Å². The molecule has 0 saturated heterocycles. The molecule has 8 heteroatoms. The monoisotopic (exact) mass is 412 g/mol. The number of carbonyl (C=O) groups is 1. The number of hydrazone groups is 1. The molecule has 0 saturated carbocycles. The predicted molar refractivity (Wildman–Crippen MR) is 95.0 cm³/mol. The standard InChI is InChI=1S/C16H14BrClN2O4/c1-23-14-7-10(6-11(17)16(14)22)8-19-20-15(21)9-24-13-5-3-2-4-12(13)18/h2-8,22H,9H2,1H3,(H,20,21). The molecule has 0 aromatic heterocycles. The Bertz CT molecular complexity index is 768. The molecule has 126 valence electrons. The average molecular weight is 414 g/mol. The number of methoxy groups -OCH3 is 1. The lowest BCUT2D eigenvalue weighted by molar-refractivity contribution is -0.123. The number of phenolic OH excluding ortho intramolecular Hbond substituents is 1. The molecule has 24 heavy (non-hydrogen) atoms. The zero-order valence-corrected chi connectivity index (χ0v) is 15.0. The van der Waals surface area contributed by atoms with Gasteiger partial charge in [-0.05, 0) is 45.8 Å². The highest BCUT2D eigenvalue weighted by Gasteiger charge is 2.08. The summed E-state index contributed by atoms with van der Waals surface area (Å²) in [6.45, 7) is -0.219. The van der Waals surface area contributed by atoms with Gasteiger partial charge < -0.3 is 14.6 Å². The Kier molecular flexibility index (Phi) is 6.45. The lowest BCUT2D eigenvalue weighted by Gasteiger charge is -2.07. The highest BCUT2D eigenvalue weighted by molar-refractivity contribution is 9.10. The van der Waals surface area contributed by atoms with Crippen molar-refractivity contribution in [1.82, 2.24) is 5.43 Å². The van der Waals surface area contributed by atoms with Crippen LogP contribution >= 0.6 is 27.5 Å². The molecule has 0 fully saturated rings. The number of para-hydroxylation sites is 1. The molecule has 0 radical (unpaired) electrons. The molecule has 0 aliphatic heterocycles. The van der Waals surface area contributed by atoms with Gasteiger partial charge in [0.2, 0.25) is 0 Å². The summed E-state index contributed by atoms with van der Waals surface area (Å²) in [6.07, 6.45) is 1.42. The van der Waals surface area contributed by atoms with Crippen LogP contribution in [-0.2, 0) is 4.79 Å². The van der Waals surface area contributed by atoms with Gasteiger partial charge in [0.15, 0.2) is 18.1 Å². The van der Waals surface area contributed by atoms with Gasteiger partial charge >= 0.3 is 0 Å². The first-order chi connectivity index (χ1) is 11.5. The number of carbonyl (C=O) groups excluding carboxylic acids is 1. The van der Waals surface area contributed by atoms with Crippen LogP contribution < -0.4 is 14.9 Å². The van der Waals surface area contributed by atoms with Crippen LogP contribution in [0.2, 0.25) is 5.02 Å². The molecular weight excluding hydrogens is 400 g/mol. The summed E-state index contributed by atoms with van der Waals surface area (Å²) < 4.78 is 10.8. The lowest BCUT2D eigenvalue weighted by Crippen LogP contribution is -2.24. The van der Waals surface area contributed by atoms with E-state index in [2.05, 4.69) is 26.5 Å². The molecule has 1 amide bonds. The number of hydrogen-bond donors (Lipinski definition) is 2. The molecule has 0 bridgehead atoms. The van der Waals surface area contributed by atoms with Crippen molar-refractivity contribution in [2.45, 2.75) is 0 Å². The van der Waals surface area contributed by atoms with Gasteiger partial charge in [-0.15, -0.1) is 0 Å². The van der Waals surface area contributed by atoms with Gasteiger partial charge in [-0.2, -0.15) is 5.10 Å². The summed E-state index contributed by atoms with van der Waals surface area (Å²) >= 11 is 9.13. The minimum absolute atomic E-state index is 0.00757. The van der Waals surface area contributed by atoms with E-state index in [1.807, 2.05) is 0 Å². The van der Waals surface area contributed by atoms with Gasteiger partial charge in [0.1, 0.15) is 5.75 Å². The Morgan fingerprint density at radius 1 is 1.38 bits per heavy atom. The third-order valence-corrected chi connectivity index (χ3v) is 3.79. The molecule has 2 aromatic rings. The Hall–Kier alpha value is -2.25. The van der Waals surface area contributed by atoms with E-state index in [-0.39, 0.29) is 12.4 Å². The lowest BCUT2D eigenvalue weighted by atomic mass is 10.2. The molecule has 0 heterocycles. The summed E-state index contributed by atoms with van der Waals surface area (Å²) in [5, 5.41) is 14.0. The highest BCUT2D eigenvalue weighted by Crippen LogP contribution is 2.34. The molecule has 0 aliphatic rings. The highest BCUT2D eigenvalue weighted by atomic mass is 79.9. The third kappa shape index (κ3) is 4.87. The van der Waals surface area contributed by atoms with E-state index in [9.17, 15) is 9.90 Å². The number of aromatic hydroxyl groups is 1. The van der Waals surface area contributed by atoms with Gasteiger partial charge in [-0.3, -0.25) is 4.79 Å². The number of rotatable bonds is 6. The van der Waals surface area contributed by atoms with Crippen LogP contribution in [0.3, 0.4) is 0 Å². The molecule has 0 spiro atoms. The number of nitrogens with zero attached hydrogens (tertiary/aromatic N) is 1. The van der Waals surface area contributed by atoms with Crippen molar-refractivity contribution < 1.29 is 19.4 Å². The summed E-state index contributed by atoms with van der Waals surface area (Å²) in [7, 11) is 1.44. The maximum Gasteiger partial charge on any atom is 0.277 e. The minimum Gasteiger partial charge on any atom is -0.503 e. The molecule has 2 N–H and O–H groups in total. The minimum atomic E-state index is -0.434. The summed E-state index contributed by atoms with van der Waals surface area (Å²) in [6, 6.07) is 10.1. The van der Waals surface area contributed by atoms with Crippen LogP contribution in [0.25, 0.3) is 0 Å². The van der Waals surface area contributed by atoms with Crippen LogP contribution in [0.15, 0.2) is 46.0 Å². The summed E-state index contributed by atoms with van der Waals surface area (Å²) in [5.41, 5.74) is 2.96. The largest absolute Gasteiger partial charge is 0.503 e. The van der Waals surface area contributed by atoms with Crippen molar-refractivity contribution in [3.8, 4) is 17.2 Å². The van der Waals surface area contributed by atoms with Crippen LogP contribution in [0.5, 0.6) is 17.2 Å². The van der Waals surface area contributed by atoms with E-state index < -0.39 is 5.91 Å². The first-order valence-corrected chi connectivity index (χ1v) is 7.94. The number of phenols is 1. The number of ether oxygens (including phenoxy) is 2. The zero-order chi connectivity index (χ0) is 17.5. The number of hydrogen-bond acceptors (Lipinski definition) is 5. The van der Waals surface area contributed by atoms with Crippen LogP contribution in [-0.4, -0.2) is 30.9 Å². The molecular formula is C16H14BrClN2O4. The topological polar surface area (TPSA) is 80.2 Å². The van der Waals surface area contributed by atoms with Crippen molar-refractivity contribution >= 4 is 39.7 Å². The number of benzene rings is 2. The molecule has 0 atom stereocenters. The number of amides is 1. The van der Waals surface area contributed by atoms with E-state index in [1.165, 1.54) is 13.3 Å². The second-order valence-electron chi connectivity index (χ2n) is 4.57. The average Bonchev–Trinajstić information content (AvgIpc) is 2.57. The van der Waals surface area contributed by atoms with Crippen molar-refractivity contribution in [2.24, 2.45) is 5.10 Å². The van der Waals surface area contributed by atoms with Crippen molar-refractivity contribution in [2.75, 3.05) is 13.7 Å². The quantitative estimate of drug-likeness (QED) is 0.562. The van der Waals surface area contributed by atoms with Gasteiger partial charge in [-0.1, -0.05) is 23.7 Å². The molecule has 2 rings (SSSR count). The fraction of sp³-hybridized carbons (Fsp3) is 0.125. The Labute approximate surface area is 152 Å². The predicted octanol–water partition coefficient (Wildman–Crippen LogP) is 3.35. The molecule has 0 unspecified atom stereocenters. The number of halogens is 2. The Balaban J connectivity index is 1.91. The van der Waals surface area contributed by atoms with E-state index in [1.54, 1.807) is 36.4 Å². The first kappa shape index (κ1) is 18.1. The van der Waals surface area contributed by atoms with E-state index in [0.717, 1.165) is 0 Å². The Morgan fingerprint density at radius 2 is 2.12 bits per heavy atom. The first-order valence-electron chi connectivity index (χ1n) is 6.77.